The van der Waals surface area contributed by atoms with Crippen LogP contribution in [0.1, 0.15) is 24.2 Å². The number of rotatable bonds is 3. The van der Waals surface area contributed by atoms with E-state index in [9.17, 15) is 0 Å². The minimum atomic E-state index is 0.243. The molecular formula is C12H15N7. The van der Waals surface area contributed by atoms with Crippen molar-refractivity contribution in [2.75, 3.05) is 7.05 Å². The lowest BCUT2D eigenvalue weighted by atomic mass is 10.1. The molecule has 3 aromatic heterocycles. The first kappa shape index (κ1) is 11.8. The van der Waals surface area contributed by atoms with Crippen LogP contribution in [0.15, 0.2) is 18.9 Å². The van der Waals surface area contributed by atoms with Crippen molar-refractivity contribution < 1.29 is 0 Å². The Morgan fingerprint density at radius 2 is 2.16 bits per heavy atom. The van der Waals surface area contributed by atoms with Crippen molar-refractivity contribution >= 4 is 11.2 Å². The first-order valence-corrected chi connectivity index (χ1v) is 6.08. The normalized spacial score (nSPS) is 13.0. The van der Waals surface area contributed by atoms with E-state index in [1.807, 2.05) is 24.9 Å². The average Bonchev–Trinajstić information content (AvgIpc) is 3.04. The highest BCUT2D eigenvalue weighted by Crippen LogP contribution is 2.21. The molecule has 1 atom stereocenters. The molecule has 0 saturated heterocycles. The third-order valence-electron chi connectivity index (χ3n) is 3.35. The fraction of sp³-hybridized carbons (Fsp3) is 0.333. The van der Waals surface area contributed by atoms with E-state index >= 15 is 0 Å². The fourth-order valence-corrected chi connectivity index (χ4v) is 2.13. The van der Waals surface area contributed by atoms with E-state index < -0.39 is 0 Å². The molecule has 3 aromatic rings. The number of nitrogens with zero attached hydrogens (tertiary/aromatic N) is 5. The second-order valence-electron chi connectivity index (χ2n) is 4.41. The lowest BCUT2D eigenvalue weighted by Gasteiger charge is -2.10. The Hall–Kier alpha value is -2.28. The second-order valence-corrected chi connectivity index (χ2v) is 4.41. The maximum atomic E-state index is 4.42. The molecule has 3 heterocycles. The number of nitrogens with one attached hydrogen (secondary N) is 2. The Kier molecular flexibility index (Phi) is 2.75. The van der Waals surface area contributed by atoms with Gasteiger partial charge in [-0.15, -0.1) is 0 Å². The van der Waals surface area contributed by atoms with Crippen molar-refractivity contribution in [3.05, 3.63) is 30.1 Å². The molecule has 98 valence electrons. The highest BCUT2D eigenvalue weighted by Gasteiger charge is 2.16. The van der Waals surface area contributed by atoms with Gasteiger partial charge in [0.15, 0.2) is 11.5 Å². The van der Waals surface area contributed by atoms with Gasteiger partial charge in [0, 0.05) is 17.3 Å². The summed E-state index contributed by atoms with van der Waals surface area (Å²) in [6.45, 7) is 4.13. The van der Waals surface area contributed by atoms with Gasteiger partial charge in [0.1, 0.15) is 11.8 Å². The predicted molar refractivity (Wildman–Crippen MR) is 71.0 cm³/mol. The number of aromatic nitrogens is 6. The molecule has 0 aliphatic carbocycles. The first-order chi connectivity index (χ1) is 9.22. The van der Waals surface area contributed by atoms with Crippen molar-refractivity contribution in [2.45, 2.75) is 19.9 Å². The Bertz CT molecular complexity index is 712. The number of imidazole rings is 1. The highest BCUT2D eigenvalue weighted by atomic mass is 15.3. The molecule has 7 nitrogen and oxygen atoms in total. The van der Waals surface area contributed by atoms with Crippen molar-refractivity contribution in [1.82, 2.24) is 35.0 Å². The van der Waals surface area contributed by atoms with Gasteiger partial charge in [0.25, 0.3) is 0 Å². The Morgan fingerprint density at radius 3 is 2.95 bits per heavy atom. The van der Waals surface area contributed by atoms with Crippen molar-refractivity contribution in [3.63, 3.8) is 0 Å². The molecule has 2 N–H and O–H groups in total. The van der Waals surface area contributed by atoms with Crippen LogP contribution >= 0.6 is 0 Å². The van der Waals surface area contributed by atoms with E-state index in [1.54, 1.807) is 6.33 Å². The van der Waals surface area contributed by atoms with Crippen LogP contribution in [-0.4, -0.2) is 36.8 Å². The van der Waals surface area contributed by atoms with Crippen LogP contribution in [0.3, 0.4) is 0 Å². The van der Waals surface area contributed by atoms with Crippen LogP contribution in [0.2, 0.25) is 0 Å². The Labute approximate surface area is 110 Å². The van der Waals surface area contributed by atoms with E-state index in [4.69, 9.17) is 0 Å². The maximum absolute atomic E-state index is 4.42. The van der Waals surface area contributed by atoms with Crippen LogP contribution in [0.4, 0.5) is 0 Å². The van der Waals surface area contributed by atoms with Crippen molar-refractivity contribution in [1.29, 1.82) is 0 Å². The molecule has 7 heteroatoms. The fourth-order valence-electron chi connectivity index (χ4n) is 2.13. The molecule has 0 amide bonds. The molecular weight excluding hydrogens is 242 g/mol. The highest BCUT2D eigenvalue weighted by molar-refractivity contribution is 5.77. The Balaban J connectivity index is 2.17. The molecule has 0 radical (unpaired) electrons. The summed E-state index contributed by atoms with van der Waals surface area (Å²) in [6, 6.07) is 0.243. The van der Waals surface area contributed by atoms with Crippen LogP contribution in [0, 0.1) is 6.92 Å². The van der Waals surface area contributed by atoms with Gasteiger partial charge in [-0.25, -0.2) is 19.6 Å². The predicted octanol–water partition coefficient (Wildman–Crippen LogP) is 1.13. The zero-order valence-corrected chi connectivity index (χ0v) is 11.0. The maximum Gasteiger partial charge on any atom is 0.182 e. The van der Waals surface area contributed by atoms with Gasteiger partial charge in [-0.3, -0.25) is 0 Å². The number of H-pyrrole nitrogens is 1. The van der Waals surface area contributed by atoms with Crippen molar-refractivity contribution in [3.8, 4) is 5.82 Å². The summed E-state index contributed by atoms with van der Waals surface area (Å²) in [5.41, 5.74) is 3.63. The molecule has 0 aromatic carbocycles. The molecule has 3 rings (SSSR count). The van der Waals surface area contributed by atoms with Crippen LogP contribution in [-0.2, 0) is 0 Å². The van der Waals surface area contributed by atoms with Crippen LogP contribution in [0.5, 0.6) is 0 Å². The number of hydrogen-bond acceptors (Lipinski definition) is 5. The molecule has 0 aliphatic rings. The van der Waals surface area contributed by atoms with E-state index in [1.165, 1.54) is 6.33 Å². The number of fused-ring (bicyclic) bond motifs is 1. The monoisotopic (exact) mass is 257 g/mol. The van der Waals surface area contributed by atoms with E-state index in [-0.39, 0.29) is 6.04 Å². The zero-order chi connectivity index (χ0) is 13.4. The topological polar surface area (TPSA) is 84.3 Å². The second kappa shape index (κ2) is 4.43. The van der Waals surface area contributed by atoms with E-state index in [0.717, 1.165) is 22.6 Å². The van der Waals surface area contributed by atoms with Gasteiger partial charge in [0.05, 0.1) is 12.5 Å². The van der Waals surface area contributed by atoms with Gasteiger partial charge in [0.2, 0.25) is 0 Å². The summed E-state index contributed by atoms with van der Waals surface area (Å²) >= 11 is 0. The lowest BCUT2D eigenvalue weighted by molar-refractivity contribution is 0.647. The SMILES string of the molecule is CNC(C)c1cnn(-c2ncnc3nc[nH]c23)c1C. The lowest BCUT2D eigenvalue weighted by Crippen LogP contribution is -2.13. The summed E-state index contributed by atoms with van der Waals surface area (Å²) in [7, 11) is 1.93. The van der Waals surface area contributed by atoms with Gasteiger partial charge in [-0.2, -0.15) is 5.10 Å². The third-order valence-corrected chi connectivity index (χ3v) is 3.35. The molecule has 0 bridgehead atoms. The summed E-state index contributed by atoms with van der Waals surface area (Å²) in [4.78, 5) is 15.6. The minimum absolute atomic E-state index is 0.243. The average molecular weight is 257 g/mol. The molecule has 1 unspecified atom stereocenters. The van der Waals surface area contributed by atoms with Gasteiger partial charge < -0.3 is 10.3 Å². The van der Waals surface area contributed by atoms with Crippen LogP contribution in [0.25, 0.3) is 17.0 Å². The third kappa shape index (κ3) is 1.78. The number of hydrogen-bond donors (Lipinski definition) is 2. The Morgan fingerprint density at radius 1 is 1.32 bits per heavy atom. The standard InChI is InChI=1S/C12H15N7/c1-7(13-3)9-4-18-19(8(9)2)12-10-11(15-5-14-10)16-6-17-12/h4-7,13H,1-3H3,(H,14,15,16,17). The van der Waals surface area contributed by atoms with Gasteiger partial charge in [-0.1, -0.05) is 0 Å². The summed E-state index contributed by atoms with van der Waals surface area (Å²) in [6.07, 6.45) is 4.97. The molecule has 19 heavy (non-hydrogen) atoms. The quantitative estimate of drug-likeness (QED) is 0.734. The van der Waals surface area contributed by atoms with Gasteiger partial charge in [-0.05, 0) is 20.9 Å². The summed E-state index contributed by atoms with van der Waals surface area (Å²) < 4.78 is 1.81. The largest absolute Gasteiger partial charge is 0.340 e. The minimum Gasteiger partial charge on any atom is -0.340 e. The smallest absolute Gasteiger partial charge is 0.182 e. The molecule has 0 saturated carbocycles. The molecule has 0 spiro atoms. The summed E-state index contributed by atoms with van der Waals surface area (Å²) in [5.74, 6) is 0.717. The van der Waals surface area contributed by atoms with E-state index in [0.29, 0.717) is 5.65 Å². The van der Waals surface area contributed by atoms with E-state index in [2.05, 4.69) is 37.3 Å². The number of aromatic amines is 1. The molecule has 0 aliphatic heterocycles. The van der Waals surface area contributed by atoms with Crippen LogP contribution < -0.4 is 5.32 Å². The van der Waals surface area contributed by atoms with Crippen molar-refractivity contribution in [2.24, 2.45) is 0 Å². The zero-order valence-electron chi connectivity index (χ0n) is 11.0. The van der Waals surface area contributed by atoms with Gasteiger partial charge >= 0.3 is 0 Å². The summed E-state index contributed by atoms with van der Waals surface area (Å²) in [5, 5.41) is 7.64. The first-order valence-electron chi connectivity index (χ1n) is 6.08. The molecule has 0 fully saturated rings.